The second-order valence-electron chi connectivity index (χ2n) is 6.84. The van der Waals surface area contributed by atoms with Gasteiger partial charge in [-0.2, -0.15) is 0 Å². The summed E-state index contributed by atoms with van der Waals surface area (Å²) in [6, 6.07) is 6.76. The van der Waals surface area contributed by atoms with Crippen LogP contribution >= 0.6 is 0 Å². The van der Waals surface area contributed by atoms with Crippen LogP contribution in [0.5, 0.6) is 0 Å². The number of carbonyl (C=O) groups is 3. The maximum absolute atomic E-state index is 12.3. The van der Waals surface area contributed by atoms with Gasteiger partial charge in [0.15, 0.2) is 0 Å². The van der Waals surface area contributed by atoms with Crippen molar-refractivity contribution in [1.29, 1.82) is 0 Å². The molecular weight excluding hydrogens is 318 g/mol. The van der Waals surface area contributed by atoms with Crippen LogP contribution in [0, 0.1) is 5.92 Å². The van der Waals surface area contributed by atoms with Crippen LogP contribution in [-0.4, -0.2) is 41.8 Å². The second-order valence-corrected chi connectivity index (χ2v) is 6.84. The van der Waals surface area contributed by atoms with Gasteiger partial charge in [0.25, 0.3) is 5.91 Å². The van der Waals surface area contributed by atoms with Crippen molar-refractivity contribution in [2.45, 2.75) is 46.2 Å². The largest absolute Gasteiger partial charge is 0.350 e. The standard InChI is InChI=1S/C19H27N3O3/c1-13(2)17(21-14(3)23)18(24)20-12-15-6-8-16(9-7-15)19(25)22-10-4-5-11-22/h6-9,13,17H,4-5,10-12H2,1-3H3,(H,20,24)(H,21,23). The van der Waals surface area contributed by atoms with Gasteiger partial charge in [0.2, 0.25) is 11.8 Å². The van der Waals surface area contributed by atoms with E-state index in [9.17, 15) is 14.4 Å². The molecule has 1 unspecified atom stereocenters. The molecule has 0 aromatic heterocycles. The third kappa shape index (κ3) is 5.31. The molecule has 1 atom stereocenters. The quantitative estimate of drug-likeness (QED) is 0.824. The molecule has 6 heteroatoms. The first-order valence-corrected chi connectivity index (χ1v) is 8.81. The van der Waals surface area contributed by atoms with Gasteiger partial charge in [0.05, 0.1) is 0 Å². The van der Waals surface area contributed by atoms with Crippen LogP contribution in [0.3, 0.4) is 0 Å². The number of benzene rings is 1. The smallest absolute Gasteiger partial charge is 0.253 e. The first kappa shape index (κ1) is 19.0. The number of amides is 3. The van der Waals surface area contributed by atoms with Crippen LogP contribution in [0.15, 0.2) is 24.3 Å². The lowest BCUT2D eigenvalue weighted by atomic mass is 10.0. The summed E-state index contributed by atoms with van der Waals surface area (Å²) in [6.45, 7) is 7.20. The van der Waals surface area contributed by atoms with Crippen molar-refractivity contribution >= 4 is 17.7 Å². The number of likely N-dealkylation sites (tertiary alicyclic amines) is 1. The lowest BCUT2D eigenvalue weighted by Crippen LogP contribution is -2.48. The van der Waals surface area contributed by atoms with E-state index in [1.54, 1.807) is 12.1 Å². The molecule has 1 fully saturated rings. The van der Waals surface area contributed by atoms with E-state index >= 15 is 0 Å². The molecule has 2 N–H and O–H groups in total. The van der Waals surface area contributed by atoms with E-state index in [-0.39, 0.29) is 23.6 Å². The second kappa shape index (κ2) is 8.65. The van der Waals surface area contributed by atoms with E-state index in [0.29, 0.717) is 12.1 Å². The van der Waals surface area contributed by atoms with Crippen LogP contribution in [0.2, 0.25) is 0 Å². The average Bonchev–Trinajstić information content (AvgIpc) is 3.11. The lowest BCUT2D eigenvalue weighted by Gasteiger charge is -2.21. The van der Waals surface area contributed by atoms with E-state index < -0.39 is 6.04 Å². The average molecular weight is 345 g/mol. The fourth-order valence-electron chi connectivity index (χ4n) is 2.92. The van der Waals surface area contributed by atoms with Gasteiger partial charge in [-0.3, -0.25) is 14.4 Å². The number of nitrogens with one attached hydrogen (secondary N) is 2. The summed E-state index contributed by atoms with van der Waals surface area (Å²) in [7, 11) is 0. The van der Waals surface area contributed by atoms with Gasteiger partial charge < -0.3 is 15.5 Å². The Bertz CT molecular complexity index is 619. The van der Waals surface area contributed by atoms with Gasteiger partial charge in [-0.15, -0.1) is 0 Å². The zero-order chi connectivity index (χ0) is 18.4. The summed E-state index contributed by atoms with van der Waals surface area (Å²) in [5.74, 6) is -0.357. The van der Waals surface area contributed by atoms with Crippen molar-refractivity contribution in [3.05, 3.63) is 35.4 Å². The molecule has 2 rings (SSSR count). The molecule has 0 aliphatic carbocycles. The molecule has 6 nitrogen and oxygen atoms in total. The van der Waals surface area contributed by atoms with Crippen LogP contribution < -0.4 is 10.6 Å². The maximum Gasteiger partial charge on any atom is 0.253 e. The fraction of sp³-hybridized carbons (Fsp3) is 0.526. The van der Waals surface area contributed by atoms with Gasteiger partial charge in [0, 0.05) is 32.1 Å². The van der Waals surface area contributed by atoms with Gasteiger partial charge in [-0.05, 0) is 36.5 Å². The maximum atomic E-state index is 12.3. The summed E-state index contributed by atoms with van der Waals surface area (Å²) in [6.07, 6.45) is 2.14. The summed E-state index contributed by atoms with van der Waals surface area (Å²) < 4.78 is 0. The highest BCUT2D eigenvalue weighted by atomic mass is 16.2. The first-order valence-electron chi connectivity index (χ1n) is 8.81. The van der Waals surface area contributed by atoms with Gasteiger partial charge in [-0.1, -0.05) is 26.0 Å². The summed E-state index contributed by atoms with van der Waals surface area (Å²) >= 11 is 0. The van der Waals surface area contributed by atoms with Crippen molar-refractivity contribution in [1.82, 2.24) is 15.5 Å². The zero-order valence-corrected chi connectivity index (χ0v) is 15.2. The van der Waals surface area contributed by atoms with Crippen molar-refractivity contribution < 1.29 is 14.4 Å². The molecule has 1 aromatic carbocycles. The topological polar surface area (TPSA) is 78.5 Å². The molecule has 0 bridgehead atoms. The molecule has 25 heavy (non-hydrogen) atoms. The van der Waals surface area contributed by atoms with Gasteiger partial charge in [-0.25, -0.2) is 0 Å². The summed E-state index contributed by atoms with van der Waals surface area (Å²) in [5, 5.41) is 5.51. The van der Waals surface area contributed by atoms with E-state index in [1.807, 2.05) is 30.9 Å². The molecule has 136 valence electrons. The normalized spacial score (nSPS) is 15.1. The van der Waals surface area contributed by atoms with Crippen molar-refractivity contribution in [3.63, 3.8) is 0 Å². The van der Waals surface area contributed by atoms with Gasteiger partial charge >= 0.3 is 0 Å². The Kier molecular flexibility index (Phi) is 6.56. The Labute approximate surface area is 149 Å². The van der Waals surface area contributed by atoms with Gasteiger partial charge in [0.1, 0.15) is 6.04 Å². The molecule has 1 aliphatic rings. The van der Waals surface area contributed by atoms with Crippen molar-refractivity contribution in [3.8, 4) is 0 Å². The number of carbonyl (C=O) groups excluding carboxylic acids is 3. The third-order valence-electron chi connectivity index (χ3n) is 4.37. The number of hydrogen-bond acceptors (Lipinski definition) is 3. The molecule has 0 saturated carbocycles. The van der Waals surface area contributed by atoms with Crippen LogP contribution in [0.4, 0.5) is 0 Å². The molecule has 0 spiro atoms. The highest BCUT2D eigenvalue weighted by Gasteiger charge is 2.23. The highest BCUT2D eigenvalue weighted by Crippen LogP contribution is 2.13. The number of nitrogens with zero attached hydrogens (tertiary/aromatic N) is 1. The van der Waals surface area contributed by atoms with E-state index in [0.717, 1.165) is 31.5 Å². The Hall–Kier alpha value is -2.37. The Morgan fingerprint density at radius 1 is 1.08 bits per heavy atom. The predicted molar refractivity (Wildman–Crippen MR) is 95.9 cm³/mol. The predicted octanol–water partition coefficient (Wildman–Crippen LogP) is 1.70. The zero-order valence-electron chi connectivity index (χ0n) is 15.2. The van der Waals surface area contributed by atoms with E-state index in [1.165, 1.54) is 6.92 Å². The van der Waals surface area contributed by atoms with Crippen molar-refractivity contribution in [2.24, 2.45) is 5.92 Å². The number of hydrogen-bond donors (Lipinski definition) is 2. The highest BCUT2D eigenvalue weighted by molar-refractivity contribution is 5.94. The van der Waals surface area contributed by atoms with Crippen LogP contribution in [0.1, 0.15) is 49.5 Å². The summed E-state index contributed by atoms with van der Waals surface area (Å²) in [5.41, 5.74) is 1.59. The minimum atomic E-state index is -0.548. The Balaban J connectivity index is 1.91. The monoisotopic (exact) mass is 345 g/mol. The van der Waals surface area contributed by atoms with E-state index in [2.05, 4.69) is 10.6 Å². The molecule has 0 radical (unpaired) electrons. The fourth-order valence-corrected chi connectivity index (χ4v) is 2.92. The van der Waals surface area contributed by atoms with Crippen LogP contribution in [0.25, 0.3) is 0 Å². The molecule has 1 aromatic rings. The lowest BCUT2D eigenvalue weighted by molar-refractivity contribution is -0.129. The van der Waals surface area contributed by atoms with Crippen LogP contribution in [-0.2, 0) is 16.1 Å². The van der Waals surface area contributed by atoms with Crippen molar-refractivity contribution in [2.75, 3.05) is 13.1 Å². The molecule has 1 heterocycles. The molecular formula is C19H27N3O3. The minimum Gasteiger partial charge on any atom is -0.350 e. The Morgan fingerprint density at radius 2 is 1.68 bits per heavy atom. The molecule has 3 amide bonds. The first-order chi connectivity index (χ1) is 11.9. The summed E-state index contributed by atoms with van der Waals surface area (Å²) in [4.78, 5) is 37.7. The van der Waals surface area contributed by atoms with E-state index in [4.69, 9.17) is 0 Å². The minimum absolute atomic E-state index is 0.00404. The third-order valence-corrected chi connectivity index (χ3v) is 4.37. The Morgan fingerprint density at radius 3 is 2.20 bits per heavy atom. The SMILES string of the molecule is CC(=O)NC(C(=O)NCc1ccc(C(=O)N2CCCC2)cc1)C(C)C. The molecule has 1 aliphatic heterocycles. The number of rotatable bonds is 6. The molecule has 1 saturated heterocycles.